The number of carbonyl (C=O) groups is 3. The van der Waals surface area contributed by atoms with Crippen molar-refractivity contribution in [2.24, 2.45) is 11.8 Å². The van der Waals surface area contributed by atoms with Gasteiger partial charge in [-0.3, -0.25) is 14.4 Å². The Morgan fingerprint density at radius 1 is 1.46 bits per heavy atom. The van der Waals surface area contributed by atoms with Gasteiger partial charge in [0.1, 0.15) is 5.76 Å². The van der Waals surface area contributed by atoms with E-state index in [0.717, 1.165) is 12.8 Å². The highest BCUT2D eigenvalue weighted by molar-refractivity contribution is 5.89. The van der Waals surface area contributed by atoms with E-state index in [0.29, 0.717) is 18.8 Å². The van der Waals surface area contributed by atoms with Crippen LogP contribution in [0, 0.1) is 11.8 Å². The van der Waals surface area contributed by atoms with Gasteiger partial charge in [0, 0.05) is 25.6 Å². The molecule has 3 rings (SSSR count). The third-order valence-corrected chi connectivity index (χ3v) is 4.65. The Bertz CT molecular complexity index is 623. The predicted octanol–water partition coefficient (Wildman–Crippen LogP) is 1.34. The van der Waals surface area contributed by atoms with Crippen LogP contribution >= 0.6 is 0 Å². The Morgan fingerprint density at radius 3 is 2.79 bits per heavy atom. The molecule has 7 nitrogen and oxygen atoms in total. The lowest BCUT2D eigenvalue weighted by Crippen LogP contribution is -2.42. The van der Waals surface area contributed by atoms with Crippen LogP contribution in [0.15, 0.2) is 22.8 Å². The molecule has 2 heterocycles. The van der Waals surface area contributed by atoms with Gasteiger partial charge in [-0.2, -0.15) is 0 Å². The number of carboxylic acid groups (broad SMARTS) is 1. The zero-order chi connectivity index (χ0) is 17.3. The number of amides is 2. The fraction of sp³-hybridized carbons (Fsp3) is 0.588. The minimum atomic E-state index is -0.907. The average Bonchev–Trinajstić information content (AvgIpc) is 3.13. The van der Waals surface area contributed by atoms with Crippen LogP contribution in [0.25, 0.3) is 0 Å². The van der Waals surface area contributed by atoms with Crippen molar-refractivity contribution in [1.82, 2.24) is 9.80 Å². The Labute approximate surface area is 140 Å². The molecule has 2 fully saturated rings. The third kappa shape index (κ3) is 3.60. The van der Waals surface area contributed by atoms with Gasteiger partial charge in [-0.05, 0) is 25.0 Å². The molecule has 1 saturated carbocycles. The van der Waals surface area contributed by atoms with Crippen molar-refractivity contribution in [2.75, 3.05) is 13.1 Å². The predicted molar refractivity (Wildman–Crippen MR) is 83.8 cm³/mol. The van der Waals surface area contributed by atoms with Gasteiger partial charge >= 0.3 is 5.97 Å². The monoisotopic (exact) mass is 334 g/mol. The standard InChI is InChI=1S/C17H22N2O5/c1-11(17(22)23)8-19(13-4-5-13)16(21)12-7-15(20)18(9-12)10-14-3-2-6-24-14/h2-3,6,11-13H,4-5,7-10H2,1H3,(H,22,23). The van der Waals surface area contributed by atoms with Gasteiger partial charge in [-0.25, -0.2) is 0 Å². The Kier molecular flexibility index (Phi) is 4.59. The molecule has 2 unspecified atom stereocenters. The van der Waals surface area contributed by atoms with Crippen molar-refractivity contribution < 1.29 is 23.9 Å². The van der Waals surface area contributed by atoms with Crippen molar-refractivity contribution in [3.8, 4) is 0 Å². The number of rotatable bonds is 7. The summed E-state index contributed by atoms with van der Waals surface area (Å²) in [5.41, 5.74) is 0. The molecule has 24 heavy (non-hydrogen) atoms. The zero-order valence-corrected chi connectivity index (χ0v) is 13.7. The van der Waals surface area contributed by atoms with E-state index in [1.54, 1.807) is 35.1 Å². The summed E-state index contributed by atoms with van der Waals surface area (Å²) in [5, 5.41) is 9.10. The lowest BCUT2D eigenvalue weighted by Gasteiger charge is -2.27. The maximum absolute atomic E-state index is 12.8. The number of nitrogens with zero attached hydrogens (tertiary/aromatic N) is 2. The van der Waals surface area contributed by atoms with Crippen LogP contribution in [0.5, 0.6) is 0 Å². The normalized spacial score (nSPS) is 21.8. The van der Waals surface area contributed by atoms with Crippen LogP contribution < -0.4 is 0 Å². The van der Waals surface area contributed by atoms with Gasteiger partial charge in [0.2, 0.25) is 11.8 Å². The number of carboxylic acids is 1. The number of hydrogen-bond donors (Lipinski definition) is 1. The first-order valence-electron chi connectivity index (χ1n) is 8.29. The molecule has 0 aromatic carbocycles. The first kappa shape index (κ1) is 16.5. The fourth-order valence-corrected chi connectivity index (χ4v) is 3.09. The molecule has 1 N–H and O–H groups in total. The average molecular weight is 334 g/mol. The first-order chi connectivity index (χ1) is 11.5. The van der Waals surface area contributed by atoms with Crippen molar-refractivity contribution in [1.29, 1.82) is 0 Å². The Morgan fingerprint density at radius 2 is 2.21 bits per heavy atom. The Balaban J connectivity index is 1.63. The summed E-state index contributed by atoms with van der Waals surface area (Å²) in [6.07, 6.45) is 3.56. The number of furan rings is 1. The molecular weight excluding hydrogens is 312 g/mol. The molecule has 1 aliphatic carbocycles. The number of aliphatic carboxylic acids is 1. The maximum atomic E-state index is 12.8. The molecule has 2 atom stereocenters. The molecule has 1 aromatic heterocycles. The second-order valence-electron chi connectivity index (χ2n) is 6.72. The molecule has 0 bridgehead atoms. The second kappa shape index (κ2) is 6.67. The topological polar surface area (TPSA) is 91.1 Å². The van der Waals surface area contributed by atoms with Crippen LogP contribution in [0.4, 0.5) is 0 Å². The lowest BCUT2D eigenvalue weighted by molar-refractivity contribution is -0.144. The summed E-state index contributed by atoms with van der Waals surface area (Å²) < 4.78 is 5.26. The van der Waals surface area contributed by atoms with E-state index in [-0.39, 0.29) is 30.8 Å². The number of likely N-dealkylation sites (tertiary alicyclic amines) is 1. The third-order valence-electron chi connectivity index (χ3n) is 4.65. The molecule has 0 spiro atoms. The van der Waals surface area contributed by atoms with Crippen molar-refractivity contribution >= 4 is 17.8 Å². The minimum Gasteiger partial charge on any atom is -0.481 e. The molecular formula is C17H22N2O5. The van der Waals surface area contributed by atoms with E-state index in [1.807, 2.05) is 0 Å². The summed E-state index contributed by atoms with van der Waals surface area (Å²) in [4.78, 5) is 39.4. The second-order valence-corrected chi connectivity index (χ2v) is 6.72. The van der Waals surface area contributed by atoms with Gasteiger partial charge in [-0.15, -0.1) is 0 Å². The summed E-state index contributed by atoms with van der Waals surface area (Å²) >= 11 is 0. The first-order valence-corrected chi connectivity index (χ1v) is 8.29. The summed E-state index contributed by atoms with van der Waals surface area (Å²) in [5.74, 6) is -1.38. The molecule has 2 aliphatic rings. The number of carbonyl (C=O) groups excluding carboxylic acids is 2. The van der Waals surface area contributed by atoms with Crippen LogP contribution in [-0.2, 0) is 20.9 Å². The molecule has 2 amide bonds. The van der Waals surface area contributed by atoms with Crippen LogP contribution in [0.1, 0.15) is 31.9 Å². The van der Waals surface area contributed by atoms with E-state index in [9.17, 15) is 14.4 Å². The minimum absolute atomic E-state index is 0.0632. The molecule has 1 aliphatic heterocycles. The summed E-state index contributed by atoms with van der Waals surface area (Å²) in [6, 6.07) is 3.70. The van der Waals surface area contributed by atoms with E-state index in [4.69, 9.17) is 9.52 Å². The smallest absolute Gasteiger partial charge is 0.308 e. The van der Waals surface area contributed by atoms with Gasteiger partial charge in [0.15, 0.2) is 0 Å². The van der Waals surface area contributed by atoms with Gasteiger partial charge in [0.25, 0.3) is 0 Å². The zero-order valence-electron chi connectivity index (χ0n) is 13.7. The fourth-order valence-electron chi connectivity index (χ4n) is 3.09. The summed E-state index contributed by atoms with van der Waals surface area (Å²) in [7, 11) is 0. The molecule has 1 saturated heterocycles. The van der Waals surface area contributed by atoms with E-state index in [1.165, 1.54) is 0 Å². The maximum Gasteiger partial charge on any atom is 0.308 e. The highest BCUT2D eigenvalue weighted by Gasteiger charge is 2.41. The molecule has 0 radical (unpaired) electrons. The Hall–Kier alpha value is -2.31. The van der Waals surface area contributed by atoms with Gasteiger partial charge < -0.3 is 19.3 Å². The van der Waals surface area contributed by atoms with Crippen molar-refractivity contribution in [3.05, 3.63) is 24.2 Å². The van der Waals surface area contributed by atoms with E-state index < -0.39 is 17.8 Å². The molecule has 7 heteroatoms. The summed E-state index contributed by atoms with van der Waals surface area (Å²) in [6.45, 7) is 2.54. The molecule has 130 valence electrons. The molecule has 1 aromatic rings. The van der Waals surface area contributed by atoms with Crippen molar-refractivity contribution in [3.63, 3.8) is 0 Å². The highest BCUT2D eigenvalue weighted by atomic mass is 16.4. The van der Waals surface area contributed by atoms with Crippen LogP contribution in [0.2, 0.25) is 0 Å². The van der Waals surface area contributed by atoms with Gasteiger partial charge in [-0.1, -0.05) is 6.92 Å². The van der Waals surface area contributed by atoms with Gasteiger partial charge in [0.05, 0.1) is 24.6 Å². The van der Waals surface area contributed by atoms with E-state index in [2.05, 4.69) is 0 Å². The lowest BCUT2D eigenvalue weighted by atomic mass is 10.1. The van der Waals surface area contributed by atoms with E-state index >= 15 is 0 Å². The largest absolute Gasteiger partial charge is 0.481 e. The van der Waals surface area contributed by atoms with Crippen LogP contribution in [0.3, 0.4) is 0 Å². The quantitative estimate of drug-likeness (QED) is 0.812. The van der Waals surface area contributed by atoms with Crippen molar-refractivity contribution in [2.45, 2.75) is 38.8 Å². The van der Waals surface area contributed by atoms with Crippen LogP contribution in [-0.4, -0.2) is 51.8 Å². The highest BCUT2D eigenvalue weighted by Crippen LogP contribution is 2.31. The number of hydrogen-bond acceptors (Lipinski definition) is 4. The SMILES string of the molecule is CC(CN(C(=O)C1CC(=O)N(Cc2ccco2)C1)C1CC1)C(=O)O.